The Morgan fingerprint density at radius 2 is 2.00 bits per heavy atom. The monoisotopic (exact) mass is 284 g/mol. The van der Waals surface area contributed by atoms with Crippen LogP contribution in [-0.4, -0.2) is 18.4 Å². The van der Waals surface area contributed by atoms with Gasteiger partial charge in [0.05, 0.1) is 11.6 Å². The Hall–Kier alpha value is -0.750. The van der Waals surface area contributed by atoms with Crippen molar-refractivity contribution in [2.75, 3.05) is 7.11 Å². The van der Waals surface area contributed by atoms with Crippen LogP contribution in [0.25, 0.3) is 0 Å². The minimum atomic E-state index is -4.67. The first kappa shape index (κ1) is 12.3. The smallest absolute Gasteiger partial charge is 0.418 e. The summed E-state index contributed by atoms with van der Waals surface area (Å²) in [4.78, 5) is 0. The molecule has 0 aromatic heterocycles. The van der Waals surface area contributed by atoms with Gasteiger partial charge in [-0.05, 0) is 33.6 Å². The summed E-state index contributed by atoms with van der Waals surface area (Å²) in [5, 5.41) is 8.97. The summed E-state index contributed by atoms with van der Waals surface area (Å²) >= 11 is 3.10. The molecule has 0 amide bonds. The third-order valence-electron chi connectivity index (χ3n) is 1.80. The van der Waals surface area contributed by atoms with Gasteiger partial charge in [0, 0.05) is 0 Å². The van der Waals surface area contributed by atoms with Gasteiger partial charge in [0.15, 0.2) is 6.10 Å². The number of hydrogen-bond acceptors (Lipinski definition) is 2. The predicted molar refractivity (Wildman–Crippen MR) is 51.7 cm³/mol. The van der Waals surface area contributed by atoms with Crippen LogP contribution in [0.4, 0.5) is 13.2 Å². The van der Waals surface area contributed by atoms with Crippen LogP contribution in [0.3, 0.4) is 0 Å². The molecule has 0 radical (unpaired) electrons. The van der Waals surface area contributed by atoms with Crippen LogP contribution in [0.15, 0.2) is 22.7 Å². The Balaban J connectivity index is 3.06. The number of aliphatic hydroxyl groups is 1. The Bertz CT molecular complexity index is 352. The first-order valence-corrected chi connectivity index (χ1v) is 4.73. The molecule has 0 aliphatic heterocycles. The zero-order valence-electron chi connectivity index (χ0n) is 7.68. The van der Waals surface area contributed by atoms with Crippen molar-refractivity contribution in [2.45, 2.75) is 12.3 Å². The maximum atomic E-state index is 12.2. The molecule has 0 heterocycles. The number of halogens is 4. The fourth-order valence-corrected chi connectivity index (χ4v) is 1.44. The van der Waals surface area contributed by atoms with E-state index in [1.54, 1.807) is 0 Å². The van der Waals surface area contributed by atoms with Gasteiger partial charge in [-0.2, -0.15) is 13.2 Å². The van der Waals surface area contributed by atoms with Crippen LogP contribution in [0.2, 0.25) is 0 Å². The lowest BCUT2D eigenvalue weighted by Crippen LogP contribution is -2.20. The van der Waals surface area contributed by atoms with Crippen LogP contribution < -0.4 is 4.74 Å². The molecule has 0 spiro atoms. The molecule has 1 rings (SSSR count). The van der Waals surface area contributed by atoms with E-state index in [9.17, 15) is 13.2 Å². The number of alkyl halides is 3. The van der Waals surface area contributed by atoms with Gasteiger partial charge in [0.1, 0.15) is 5.75 Å². The van der Waals surface area contributed by atoms with Crippen LogP contribution in [0, 0.1) is 0 Å². The van der Waals surface area contributed by atoms with Crippen molar-refractivity contribution in [3.05, 3.63) is 28.2 Å². The van der Waals surface area contributed by atoms with Crippen LogP contribution in [-0.2, 0) is 0 Å². The van der Waals surface area contributed by atoms with E-state index in [1.165, 1.54) is 19.2 Å². The molecule has 1 N–H and O–H groups in total. The van der Waals surface area contributed by atoms with Crippen molar-refractivity contribution in [3.8, 4) is 5.75 Å². The number of rotatable bonds is 2. The van der Waals surface area contributed by atoms with Gasteiger partial charge in [0.2, 0.25) is 0 Å². The molecule has 0 saturated carbocycles. The van der Waals surface area contributed by atoms with Gasteiger partial charge < -0.3 is 9.84 Å². The number of ether oxygens (including phenoxy) is 1. The lowest BCUT2D eigenvalue weighted by Gasteiger charge is -2.15. The fraction of sp³-hybridized carbons (Fsp3) is 0.333. The van der Waals surface area contributed by atoms with Crippen LogP contribution in [0.5, 0.6) is 5.75 Å². The molecule has 1 aromatic rings. The zero-order valence-corrected chi connectivity index (χ0v) is 9.26. The molecular formula is C9H8BrF3O2. The van der Waals surface area contributed by atoms with E-state index in [2.05, 4.69) is 15.9 Å². The maximum Gasteiger partial charge on any atom is 0.418 e. The highest BCUT2D eigenvalue weighted by atomic mass is 79.9. The molecule has 0 saturated heterocycles. The average Bonchev–Trinajstić information content (AvgIpc) is 2.16. The van der Waals surface area contributed by atoms with Gasteiger partial charge in [-0.25, -0.2) is 0 Å². The Kier molecular flexibility index (Phi) is 3.62. The molecule has 2 nitrogen and oxygen atoms in total. The second-order valence-corrected chi connectivity index (χ2v) is 3.69. The summed E-state index contributed by atoms with van der Waals surface area (Å²) in [5.74, 6) is 0.246. The topological polar surface area (TPSA) is 29.5 Å². The van der Waals surface area contributed by atoms with Crippen molar-refractivity contribution in [1.82, 2.24) is 0 Å². The largest absolute Gasteiger partial charge is 0.496 e. The summed E-state index contributed by atoms with van der Waals surface area (Å²) in [7, 11) is 1.34. The van der Waals surface area contributed by atoms with Crippen LogP contribution >= 0.6 is 15.9 Å². The summed E-state index contributed by atoms with van der Waals surface area (Å²) in [5.41, 5.74) is -0.248. The molecule has 0 bridgehead atoms. The van der Waals surface area contributed by atoms with E-state index in [0.717, 1.165) is 6.07 Å². The first-order chi connectivity index (χ1) is 6.86. The van der Waals surface area contributed by atoms with Gasteiger partial charge in [-0.3, -0.25) is 0 Å². The SMILES string of the molecule is COc1cc(C(O)C(F)(F)F)ccc1Br. The highest BCUT2D eigenvalue weighted by Crippen LogP contribution is 2.35. The average molecular weight is 285 g/mol. The lowest BCUT2D eigenvalue weighted by molar-refractivity contribution is -0.206. The van der Waals surface area contributed by atoms with E-state index in [-0.39, 0.29) is 11.3 Å². The minimum absolute atomic E-state index is 0.246. The lowest BCUT2D eigenvalue weighted by atomic mass is 10.1. The van der Waals surface area contributed by atoms with Crippen molar-refractivity contribution < 1.29 is 23.0 Å². The second kappa shape index (κ2) is 4.40. The van der Waals surface area contributed by atoms with Crippen molar-refractivity contribution in [2.24, 2.45) is 0 Å². The summed E-state index contributed by atoms with van der Waals surface area (Å²) in [6.07, 6.45) is -7.15. The van der Waals surface area contributed by atoms with Crippen molar-refractivity contribution in [3.63, 3.8) is 0 Å². The van der Waals surface area contributed by atoms with Gasteiger partial charge >= 0.3 is 6.18 Å². The number of hydrogen-bond donors (Lipinski definition) is 1. The standard InChI is InChI=1S/C9H8BrF3O2/c1-15-7-4-5(2-3-6(7)10)8(14)9(11,12)13/h2-4,8,14H,1H3. The van der Waals surface area contributed by atoms with Gasteiger partial charge in [-0.1, -0.05) is 6.07 Å². The summed E-state index contributed by atoms with van der Waals surface area (Å²) < 4.78 is 41.9. The first-order valence-electron chi connectivity index (χ1n) is 3.94. The quantitative estimate of drug-likeness (QED) is 0.905. The molecule has 0 aliphatic carbocycles. The van der Waals surface area contributed by atoms with Crippen molar-refractivity contribution in [1.29, 1.82) is 0 Å². The van der Waals surface area contributed by atoms with Gasteiger partial charge in [-0.15, -0.1) is 0 Å². The number of benzene rings is 1. The second-order valence-electron chi connectivity index (χ2n) is 2.84. The Morgan fingerprint density at radius 1 is 1.40 bits per heavy atom. The molecule has 1 aromatic carbocycles. The predicted octanol–water partition coefficient (Wildman–Crippen LogP) is 3.05. The summed E-state index contributed by atoms with van der Waals surface area (Å²) in [6, 6.07) is 3.72. The zero-order chi connectivity index (χ0) is 11.6. The van der Waals surface area contributed by atoms with E-state index in [1.807, 2.05) is 0 Å². The van der Waals surface area contributed by atoms with Crippen LogP contribution in [0.1, 0.15) is 11.7 Å². The molecule has 84 valence electrons. The number of methoxy groups -OCH3 is 1. The molecule has 1 unspecified atom stereocenters. The maximum absolute atomic E-state index is 12.2. The Morgan fingerprint density at radius 3 is 2.47 bits per heavy atom. The summed E-state index contributed by atoms with van der Waals surface area (Å²) in [6.45, 7) is 0. The fourth-order valence-electron chi connectivity index (χ4n) is 1.04. The number of aliphatic hydroxyl groups excluding tert-OH is 1. The van der Waals surface area contributed by atoms with E-state index in [4.69, 9.17) is 9.84 Å². The molecule has 15 heavy (non-hydrogen) atoms. The molecule has 0 aliphatic rings. The van der Waals surface area contributed by atoms with E-state index in [0.29, 0.717) is 4.47 Å². The van der Waals surface area contributed by atoms with E-state index < -0.39 is 12.3 Å². The molecular weight excluding hydrogens is 277 g/mol. The third kappa shape index (κ3) is 2.85. The molecule has 6 heteroatoms. The molecule has 0 fully saturated rings. The van der Waals surface area contributed by atoms with Crippen molar-refractivity contribution >= 4 is 15.9 Å². The third-order valence-corrected chi connectivity index (χ3v) is 2.46. The highest BCUT2D eigenvalue weighted by Gasteiger charge is 2.39. The molecule has 1 atom stereocenters. The Labute approximate surface area is 92.8 Å². The van der Waals surface area contributed by atoms with Gasteiger partial charge in [0.25, 0.3) is 0 Å². The highest BCUT2D eigenvalue weighted by molar-refractivity contribution is 9.10. The normalized spacial score (nSPS) is 13.7. The van der Waals surface area contributed by atoms with E-state index >= 15 is 0 Å². The minimum Gasteiger partial charge on any atom is -0.496 e.